The molecule has 6 nitrogen and oxygen atoms in total. The zero-order valence-corrected chi connectivity index (χ0v) is 11.5. The van der Waals surface area contributed by atoms with Crippen LogP contribution in [0, 0.1) is 0 Å². The Kier molecular flexibility index (Phi) is 3.21. The highest BCUT2D eigenvalue weighted by atomic mass is 16.5. The van der Waals surface area contributed by atoms with Crippen LogP contribution in [0.25, 0.3) is 11.3 Å². The number of rotatable bonds is 3. The molecule has 3 rings (SSSR count). The Morgan fingerprint density at radius 1 is 1.33 bits per heavy atom. The third-order valence-electron chi connectivity index (χ3n) is 3.60. The summed E-state index contributed by atoms with van der Waals surface area (Å²) in [4.78, 5) is 22.7. The van der Waals surface area contributed by atoms with Gasteiger partial charge >= 0.3 is 5.97 Å². The Bertz CT molecular complexity index is 780. The SMILES string of the molecule is COc1ccc2c(c1)-c1nn(CC(=O)O)c(=O)cc1CC2. The molecule has 0 amide bonds. The average molecular weight is 286 g/mol. The van der Waals surface area contributed by atoms with Gasteiger partial charge in [-0.3, -0.25) is 9.59 Å². The molecule has 1 aliphatic rings. The average Bonchev–Trinajstić information content (AvgIpc) is 2.47. The van der Waals surface area contributed by atoms with E-state index in [0.717, 1.165) is 34.2 Å². The van der Waals surface area contributed by atoms with E-state index in [1.807, 2.05) is 18.2 Å². The number of aromatic nitrogens is 2. The summed E-state index contributed by atoms with van der Waals surface area (Å²) in [5.41, 5.74) is 3.15. The van der Waals surface area contributed by atoms with Crippen LogP contribution in [0.4, 0.5) is 0 Å². The van der Waals surface area contributed by atoms with Crippen molar-refractivity contribution in [2.75, 3.05) is 7.11 Å². The number of hydrogen-bond acceptors (Lipinski definition) is 4. The van der Waals surface area contributed by atoms with Crippen molar-refractivity contribution >= 4 is 5.97 Å². The minimum atomic E-state index is -1.09. The van der Waals surface area contributed by atoms with E-state index in [0.29, 0.717) is 11.4 Å². The number of carboxylic acids is 1. The largest absolute Gasteiger partial charge is 0.497 e. The molecular formula is C15H14N2O4. The van der Waals surface area contributed by atoms with Gasteiger partial charge in [0, 0.05) is 11.6 Å². The first-order valence-electron chi connectivity index (χ1n) is 6.58. The van der Waals surface area contributed by atoms with Crippen molar-refractivity contribution < 1.29 is 14.6 Å². The highest BCUT2D eigenvalue weighted by molar-refractivity contribution is 5.71. The van der Waals surface area contributed by atoms with E-state index in [4.69, 9.17) is 9.84 Å². The lowest BCUT2D eigenvalue weighted by Gasteiger charge is -2.20. The molecule has 1 aliphatic carbocycles. The maximum absolute atomic E-state index is 11.9. The lowest BCUT2D eigenvalue weighted by atomic mass is 9.89. The van der Waals surface area contributed by atoms with Gasteiger partial charge in [0.05, 0.1) is 12.8 Å². The summed E-state index contributed by atoms with van der Waals surface area (Å²) in [6, 6.07) is 7.21. The van der Waals surface area contributed by atoms with Gasteiger partial charge in [-0.1, -0.05) is 6.07 Å². The normalized spacial score (nSPS) is 12.4. The maximum atomic E-state index is 11.9. The third-order valence-corrected chi connectivity index (χ3v) is 3.60. The second-order valence-corrected chi connectivity index (χ2v) is 4.93. The predicted octanol–water partition coefficient (Wildman–Crippen LogP) is 1.10. The Balaban J connectivity index is 2.18. The van der Waals surface area contributed by atoms with Crippen LogP contribution in [-0.2, 0) is 24.2 Å². The van der Waals surface area contributed by atoms with Gasteiger partial charge in [0.2, 0.25) is 0 Å². The van der Waals surface area contributed by atoms with Crippen molar-refractivity contribution in [3.63, 3.8) is 0 Å². The van der Waals surface area contributed by atoms with E-state index in [-0.39, 0.29) is 5.56 Å². The molecule has 0 saturated carbocycles. The van der Waals surface area contributed by atoms with Crippen molar-refractivity contribution in [3.05, 3.63) is 45.7 Å². The molecule has 0 saturated heterocycles. The number of aliphatic carboxylic acids is 1. The third kappa shape index (κ3) is 2.40. The Morgan fingerprint density at radius 2 is 2.10 bits per heavy atom. The van der Waals surface area contributed by atoms with E-state index in [2.05, 4.69) is 5.10 Å². The van der Waals surface area contributed by atoms with E-state index in [9.17, 15) is 9.59 Å². The lowest BCUT2D eigenvalue weighted by Crippen LogP contribution is -2.28. The number of hydrogen-bond donors (Lipinski definition) is 1. The fourth-order valence-corrected chi connectivity index (χ4v) is 2.58. The molecule has 1 N–H and O–H groups in total. The summed E-state index contributed by atoms with van der Waals surface area (Å²) >= 11 is 0. The molecule has 0 unspecified atom stereocenters. The summed E-state index contributed by atoms with van der Waals surface area (Å²) in [5.74, 6) is -0.384. The van der Waals surface area contributed by atoms with Crippen LogP contribution >= 0.6 is 0 Å². The molecule has 108 valence electrons. The first-order chi connectivity index (χ1) is 10.1. The van der Waals surface area contributed by atoms with Gasteiger partial charge in [-0.15, -0.1) is 0 Å². The molecule has 1 aromatic carbocycles. The monoisotopic (exact) mass is 286 g/mol. The number of fused-ring (bicyclic) bond motifs is 3. The molecular weight excluding hydrogens is 272 g/mol. The second-order valence-electron chi connectivity index (χ2n) is 4.93. The van der Waals surface area contributed by atoms with E-state index in [1.165, 1.54) is 6.07 Å². The Labute approximate surface area is 120 Å². The number of benzene rings is 1. The molecule has 0 atom stereocenters. The predicted molar refractivity (Wildman–Crippen MR) is 75.5 cm³/mol. The van der Waals surface area contributed by atoms with Crippen LogP contribution in [0.1, 0.15) is 11.1 Å². The Morgan fingerprint density at radius 3 is 2.81 bits per heavy atom. The zero-order chi connectivity index (χ0) is 15.0. The molecule has 2 aromatic rings. The molecule has 0 aliphatic heterocycles. The van der Waals surface area contributed by atoms with Gasteiger partial charge in [-0.05, 0) is 36.1 Å². The van der Waals surface area contributed by atoms with Crippen LogP contribution in [0.3, 0.4) is 0 Å². The summed E-state index contributed by atoms with van der Waals surface area (Å²) in [6.45, 7) is -0.439. The molecule has 0 fully saturated rings. The topological polar surface area (TPSA) is 81.4 Å². The lowest BCUT2D eigenvalue weighted by molar-refractivity contribution is -0.138. The Hall–Kier alpha value is -2.63. The fraction of sp³-hybridized carbons (Fsp3) is 0.267. The second kappa shape index (κ2) is 5.05. The molecule has 1 heterocycles. The van der Waals surface area contributed by atoms with Gasteiger partial charge in [-0.2, -0.15) is 5.10 Å². The molecule has 21 heavy (non-hydrogen) atoms. The van der Waals surface area contributed by atoms with Gasteiger partial charge in [-0.25, -0.2) is 4.68 Å². The number of ether oxygens (including phenoxy) is 1. The number of methoxy groups -OCH3 is 1. The number of carboxylic acid groups (broad SMARTS) is 1. The molecule has 0 radical (unpaired) electrons. The zero-order valence-electron chi connectivity index (χ0n) is 11.5. The van der Waals surface area contributed by atoms with Crippen LogP contribution in [0.15, 0.2) is 29.1 Å². The molecule has 0 bridgehead atoms. The highest BCUT2D eigenvalue weighted by Gasteiger charge is 2.20. The highest BCUT2D eigenvalue weighted by Crippen LogP contribution is 2.33. The van der Waals surface area contributed by atoms with Crippen LogP contribution in [-0.4, -0.2) is 28.0 Å². The van der Waals surface area contributed by atoms with Crippen molar-refractivity contribution in [3.8, 4) is 17.0 Å². The summed E-state index contributed by atoms with van der Waals surface area (Å²) in [6.07, 6.45) is 1.56. The number of carbonyl (C=O) groups is 1. The van der Waals surface area contributed by atoms with E-state index < -0.39 is 12.5 Å². The maximum Gasteiger partial charge on any atom is 0.325 e. The van der Waals surface area contributed by atoms with Crippen molar-refractivity contribution in [1.29, 1.82) is 0 Å². The van der Waals surface area contributed by atoms with Gasteiger partial charge < -0.3 is 9.84 Å². The van der Waals surface area contributed by atoms with E-state index in [1.54, 1.807) is 7.11 Å². The van der Waals surface area contributed by atoms with Crippen LogP contribution in [0.2, 0.25) is 0 Å². The standard InChI is InChI=1S/C15H14N2O4/c1-21-11-5-4-9-2-3-10-6-13(18)17(8-14(19)20)16-15(10)12(9)7-11/h4-7H,2-3,8H2,1H3,(H,19,20). The van der Waals surface area contributed by atoms with Crippen molar-refractivity contribution in [2.45, 2.75) is 19.4 Å². The number of aryl methyl sites for hydroxylation is 2. The quantitative estimate of drug-likeness (QED) is 0.913. The minimum absolute atomic E-state index is 0.387. The van der Waals surface area contributed by atoms with Crippen LogP contribution in [0.5, 0.6) is 5.75 Å². The molecule has 0 spiro atoms. The fourth-order valence-electron chi connectivity index (χ4n) is 2.58. The van der Waals surface area contributed by atoms with Crippen molar-refractivity contribution in [1.82, 2.24) is 9.78 Å². The van der Waals surface area contributed by atoms with Gasteiger partial charge in [0.15, 0.2) is 0 Å². The molecule has 1 aromatic heterocycles. The van der Waals surface area contributed by atoms with Crippen LogP contribution < -0.4 is 10.3 Å². The first kappa shape index (κ1) is 13.4. The van der Waals surface area contributed by atoms with Gasteiger partial charge in [0.25, 0.3) is 5.56 Å². The summed E-state index contributed by atoms with van der Waals surface area (Å²) in [5, 5.41) is 13.1. The van der Waals surface area contributed by atoms with E-state index >= 15 is 0 Å². The van der Waals surface area contributed by atoms with Gasteiger partial charge in [0.1, 0.15) is 12.3 Å². The first-order valence-corrected chi connectivity index (χ1v) is 6.58. The minimum Gasteiger partial charge on any atom is -0.497 e. The smallest absolute Gasteiger partial charge is 0.325 e. The number of nitrogens with zero attached hydrogens (tertiary/aromatic N) is 2. The molecule has 6 heteroatoms. The summed E-state index contributed by atoms with van der Waals surface area (Å²) < 4.78 is 6.21. The summed E-state index contributed by atoms with van der Waals surface area (Å²) in [7, 11) is 1.59. The van der Waals surface area contributed by atoms with Crippen molar-refractivity contribution in [2.24, 2.45) is 0 Å².